The number of carbonyl (C=O) groups excluding carboxylic acids is 2. The molecular weight excluding hydrogens is 316 g/mol. The summed E-state index contributed by atoms with van der Waals surface area (Å²) in [6.45, 7) is 0.373. The van der Waals surface area contributed by atoms with Crippen molar-refractivity contribution in [2.24, 2.45) is 0 Å². The van der Waals surface area contributed by atoms with Gasteiger partial charge in [-0.3, -0.25) is 9.59 Å². The lowest BCUT2D eigenvalue weighted by molar-refractivity contribution is -0.122. The maximum Gasteiger partial charge on any atom is 0.254 e. The van der Waals surface area contributed by atoms with Crippen LogP contribution in [0.3, 0.4) is 0 Å². The lowest BCUT2D eigenvalue weighted by Gasteiger charge is -2.22. The molecule has 2 unspecified atom stereocenters. The Balaban J connectivity index is 1.50. The number of aryl methyl sites for hydroxylation is 1. The number of nitrogens with zero attached hydrogens (tertiary/aromatic N) is 1. The van der Waals surface area contributed by atoms with Gasteiger partial charge in [-0.15, -0.1) is 0 Å². The molecule has 5 heteroatoms. The van der Waals surface area contributed by atoms with E-state index in [9.17, 15) is 14.7 Å². The van der Waals surface area contributed by atoms with E-state index >= 15 is 0 Å². The predicted molar refractivity (Wildman–Crippen MR) is 93.5 cm³/mol. The normalized spacial score (nSPS) is 21.2. The second-order valence-corrected chi connectivity index (χ2v) is 6.71. The van der Waals surface area contributed by atoms with Crippen LogP contribution in [0.5, 0.6) is 5.75 Å². The zero-order valence-corrected chi connectivity index (χ0v) is 14.0. The number of phenolic OH excluding ortho intramolecular Hbond substituents is 1. The molecule has 0 spiro atoms. The van der Waals surface area contributed by atoms with Gasteiger partial charge in [-0.2, -0.15) is 0 Å². The van der Waals surface area contributed by atoms with E-state index in [1.807, 2.05) is 36.4 Å². The molecule has 5 nitrogen and oxygen atoms in total. The van der Waals surface area contributed by atoms with Crippen LogP contribution in [0.1, 0.15) is 45.4 Å². The van der Waals surface area contributed by atoms with Crippen LogP contribution in [0, 0.1) is 0 Å². The van der Waals surface area contributed by atoms with Gasteiger partial charge in [0.15, 0.2) is 0 Å². The Morgan fingerprint density at radius 3 is 2.88 bits per heavy atom. The van der Waals surface area contributed by atoms with Crippen molar-refractivity contribution < 1.29 is 14.7 Å². The molecule has 0 radical (unpaired) electrons. The lowest BCUT2D eigenvalue weighted by atomic mass is 9.99. The summed E-state index contributed by atoms with van der Waals surface area (Å²) in [4.78, 5) is 26.7. The molecule has 0 fully saturated rings. The van der Waals surface area contributed by atoms with Gasteiger partial charge in [0.1, 0.15) is 5.75 Å². The SMILES string of the molecule is CN1C(=O)c2ccccc2C1CNC(=O)C1CCc2cccc(O)c21. The van der Waals surface area contributed by atoms with Gasteiger partial charge in [0.05, 0.1) is 12.0 Å². The van der Waals surface area contributed by atoms with Gasteiger partial charge in [0.2, 0.25) is 5.91 Å². The highest BCUT2D eigenvalue weighted by molar-refractivity contribution is 5.99. The Morgan fingerprint density at radius 2 is 2.04 bits per heavy atom. The van der Waals surface area contributed by atoms with E-state index in [0.29, 0.717) is 18.5 Å². The number of carbonyl (C=O) groups is 2. The summed E-state index contributed by atoms with van der Waals surface area (Å²) in [6, 6.07) is 12.8. The molecule has 0 saturated carbocycles. The van der Waals surface area contributed by atoms with E-state index in [0.717, 1.165) is 23.1 Å². The van der Waals surface area contributed by atoms with Gasteiger partial charge in [-0.1, -0.05) is 30.3 Å². The number of aromatic hydroxyl groups is 1. The zero-order valence-electron chi connectivity index (χ0n) is 14.0. The molecule has 25 heavy (non-hydrogen) atoms. The first-order chi connectivity index (χ1) is 12.1. The third-order valence-electron chi connectivity index (χ3n) is 5.35. The number of phenols is 1. The van der Waals surface area contributed by atoms with Gasteiger partial charge >= 0.3 is 0 Å². The van der Waals surface area contributed by atoms with Crippen molar-refractivity contribution in [2.75, 3.05) is 13.6 Å². The van der Waals surface area contributed by atoms with Crippen molar-refractivity contribution in [1.29, 1.82) is 0 Å². The topological polar surface area (TPSA) is 69.6 Å². The summed E-state index contributed by atoms with van der Waals surface area (Å²) < 4.78 is 0. The predicted octanol–water partition coefficient (Wildman–Crippen LogP) is 2.37. The zero-order chi connectivity index (χ0) is 17.6. The van der Waals surface area contributed by atoms with Crippen molar-refractivity contribution >= 4 is 11.8 Å². The summed E-state index contributed by atoms with van der Waals surface area (Å²) in [5, 5.41) is 13.1. The molecule has 4 rings (SSSR count). The smallest absolute Gasteiger partial charge is 0.254 e. The average Bonchev–Trinajstić information content (AvgIpc) is 3.15. The quantitative estimate of drug-likeness (QED) is 0.904. The minimum absolute atomic E-state index is 0.0151. The number of fused-ring (bicyclic) bond motifs is 2. The van der Waals surface area contributed by atoms with E-state index in [1.54, 1.807) is 18.0 Å². The number of benzene rings is 2. The van der Waals surface area contributed by atoms with Crippen molar-refractivity contribution in [2.45, 2.75) is 24.8 Å². The average molecular weight is 336 g/mol. The highest BCUT2D eigenvalue weighted by Gasteiger charge is 2.35. The Labute approximate surface area is 146 Å². The van der Waals surface area contributed by atoms with Crippen LogP contribution in [-0.2, 0) is 11.2 Å². The number of hydrogen-bond acceptors (Lipinski definition) is 3. The first kappa shape index (κ1) is 15.7. The number of amides is 2. The van der Waals surface area contributed by atoms with Crippen LogP contribution < -0.4 is 5.32 Å². The maximum atomic E-state index is 12.7. The molecule has 2 N–H and O–H groups in total. The fourth-order valence-corrected chi connectivity index (χ4v) is 4.02. The van der Waals surface area contributed by atoms with E-state index in [1.165, 1.54) is 0 Å². The van der Waals surface area contributed by atoms with E-state index in [2.05, 4.69) is 5.32 Å². The second kappa shape index (κ2) is 5.92. The van der Waals surface area contributed by atoms with Crippen LogP contribution in [0.25, 0.3) is 0 Å². The molecule has 1 aliphatic carbocycles. The molecular formula is C20H20N2O3. The maximum absolute atomic E-state index is 12.7. The third kappa shape index (κ3) is 2.47. The van der Waals surface area contributed by atoms with Crippen molar-refractivity contribution in [3.05, 3.63) is 64.7 Å². The monoisotopic (exact) mass is 336 g/mol. The molecule has 0 saturated heterocycles. The molecule has 128 valence electrons. The van der Waals surface area contributed by atoms with Crippen LogP contribution in [-0.4, -0.2) is 35.4 Å². The fourth-order valence-electron chi connectivity index (χ4n) is 4.02. The number of hydrogen-bond donors (Lipinski definition) is 2. The minimum atomic E-state index is -0.325. The molecule has 2 aliphatic rings. The molecule has 2 atom stereocenters. The van der Waals surface area contributed by atoms with Gasteiger partial charge in [-0.05, 0) is 36.1 Å². The van der Waals surface area contributed by atoms with Crippen molar-refractivity contribution in [1.82, 2.24) is 10.2 Å². The van der Waals surface area contributed by atoms with Crippen molar-refractivity contribution in [3.63, 3.8) is 0 Å². The van der Waals surface area contributed by atoms with Crippen LogP contribution in [0.15, 0.2) is 42.5 Å². The van der Waals surface area contributed by atoms with E-state index < -0.39 is 0 Å². The van der Waals surface area contributed by atoms with Gasteiger partial charge in [-0.25, -0.2) is 0 Å². The van der Waals surface area contributed by atoms with E-state index in [4.69, 9.17) is 0 Å². The first-order valence-electron chi connectivity index (χ1n) is 8.52. The third-order valence-corrected chi connectivity index (χ3v) is 5.35. The largest absolute Gasteiger partial charge is 0.508 e. The van der Waals surface area contributed by atoms with Crippen LogP contribution in [0.4, 0.5) is 0 Å². The standard InChI is InChI=1S/C20H20N2O3/c1-22-16(13-6-2-3-7-14(13)20(22)25)11-21-19(24)15-10-9-12-5-4-8-17(23)18(12)15/h2-8,15-16,23H,9-11H2,1H3,(H,21,24). The summed E-state index contributed by atoms with van der Waals surface area (Å²) in [5.74, 6) is -0.244. The summed E-state index contributed by atoms with van der Waals surface area (Å²) >= 11 is 0. The summed E-state index contributed by atoms with van der Waals surface area (Å²) in [5.41, 5.74) is 3.44. The number of rotatable bonds is 3. The van der Waals surface area contributed by atoms with Crippen LogP contribution >= 0.6 is 0 Å². The first-order valence-corrected chi connectivity index (χ1v) is 8.52. The Hall–Kier alpha value is -2.82. The molecule has 1 heterocycles. The number of likely N-dealkylation sites (N-methyl/N-ethyl adjacent to an activating group) is 1. The van der Waals surface area contributed by atoms with Gasteiger partial charge < -0.3 is 15.3 Å². The van der Waals surface area contributed by atoms with Crippen molar-refractivity contribution in [3.8, 4) is 5.75 Å². The molecule has 2 amide bonds. The van der Waals surface area contributed by atoms with Crippen LogP contribution in [0.2, 0.25) is 0 Å². The van der Waals surface area contributed by atoms with Gasteiger partial charge in [0.25, 0.3) is 5.91 Å². The molecule has 0 bridgehead atoms. The molecule has 0 aromatic heterocycles. The molecule has 1 aliphatic heterocycles. The minimum Gasteiger partial charge on any atom is -0.508 e. The highest BCUT2D eigenvalue weighted by atomic mass is 16.3. The molecule has 2 aromatic rings. The fraction of sp³-hybridized carbons (Fsp3) is 0.300. The lowest BCUT2D eigenvalue weighted by Crippen LogP contribution is -2.36. The summed E-state index contributed by atoms with van der Waals surface area (Å²) in [6.07, 6.45) is 1.50. The Morgan fingerprint density at radius 1 is 1.24 bits per heavy atom. The Kier molecular flexibility index (Phi) is 3.71. The Bertz CT molecular complexity index is 862. The van der Waals surface area contributed by atoms with Gasteiger partial charge in [0, 0.05) is 24.7 Å². The summed E-state index contributed by atoms with van der Waals surface area (Å²) in [7, 11) is 1.76. The molecule has 2 aromatic carbocycles. The van der Waals surface area contributed by atoms with E-state index in [-0.39, 0.29) is 29.5 Å². The highest BCUT2D eigenvalue weighted by Crippen LogP contribution is 2.39. The number of nitrogens with one attached hydrogen (secondary N) is 1. The second-order valence-electron chi connectivity index (χ2n) is 6.71.